The lowest BCUT2D eigenvalue weighted by atomic mass is 9.97. The SMILES string of the molecule is C#CCCNc1cc(-c2cc(C#N)ccc2-c2nncn2C)cc(N2Cc3c(cccc3C(F)(F)F)C2=O)n1. The summed E-state index contributed by atoms with van der Waals surface area (Å²) in [5.41, 5.74) is 1.24. The van der Waals surface area contributed by atoms with E-state index in [9.17, 15) is 23.2 Å². The maximum atomic E-state index is 13.7. The minimum absolute atomic E-state index is 0.0230. The molecule has 0 spiro atoms. The van der Waals surface area contributed by atoms with Gasteiger partial charge < -0.3 is 9.88 Å². The minimum atomic E-state index is -4.61. The number of anilines is 2. The first-order chi connectivity index (χ1) is 18.7. The van der Waals surface area contributed by atoms with Gasteiger partial charge in [-0.1, -0.05) is 6.07 Å². The monoisotopic (exact) mass is 527 g/mol. The first-order valence-electron chi connectivity index (χ1n) is 11.8. The molecule has 2 aromatic heterocycles. The van der Waals surface area contributed by atoms with Gasteiger partial charge in [-0.3, -0.25) is 9.69 Å². The summed E-state index contributed by atoms with van der Waals surface area (Å²) in [6, 6.07) is 14.1. The zero-order chi connectivity index (χ0) is 27.7. The lowest BCUT2D eigenvalue weighted by Gasteiger charge is -2.19. The van der Waals surface area contributed by atoms with E-state index in [1.165, 1.54) is 17.0 Å². The number of hydrogen-bond acceptors (Lipinski definition) is 6. The normalized spacial score (nSPS) is 12.7. The van der Waals surface area contributed by atoms with E-state index in [1.54, 1.807) is 48.3 Å². The number of alkyl halides is 3. The van der Waals surface area contributed by atoms with Gasteiger partial charge in [0.1, 0.15) is 18.0 Å². The van der Waals surface area contributed by atoms with Crippen LogP contribution in [0.2, 0.25) is 0 Å². The van der Waals surface area contributed by atoms with Crippen molar-refractivity contribution in [1.82, 2.24) is 19.7 Å². The molecule has 8 nitrogen and oxygen atoms in total. The molecule has 4 aromatic rings. The second-order valence-electron chi connectivity index (χ2n) is 8.84. The van der Waals surface area contributed by atoms with Crippen molar-refractivity contribution in [1.29, 1.82) is 5.26 Å². The molecule has 11 heteroatoms. The van der Waals surface area contributed by atoms with Crippen molar-refractivity contribution in [2.24, 2.45) is 7.05 Å². The molecule has 1 N–H and O–H groups in total. The third kappa shape index (κ3) is 4.78. The number of aryl methyl sites for hydroxylation is 1. The molecule has 0 bridgehead atoms. The van der Waals surface area contributed by atoms with Crippen molar-refractivity contribution in [2.75, 3.05) is 16.8 Å². The van der Waals surface area contributed by atoms with Crippen LogP contribution in [0.1, 0.15) is 33.5 Å². The fraction of sp³-hybridized carbons (Fsp3) is 0.179. The van der Waals surface area contributed by atoms with Gasteiger partial charge in [0.2, 0.25) is 0 Å². The fourth-order valence-electron chi connectivity index (χ4n) is 4.52. The van der Waals surface area contributed by atoms with Crippen molar-refractivity contribution in [3.05, 3.63) is 77.1 Å². The van der Waals surface area contributed by atoms with E-state index in [4.69, 9.17) is 6.42 Å². The number of amides is 1. The second kappa shape index (κ2) is 9.95. The number of nitrogens with zero attached hydrogens (tertiary/aromatic N) is 6. The molecule has 5 rings (SSSR count). The number of nitriles is 1. The van der Waals surface area contributed by atoms with Crippen LogP contribution in [0.4, 0.5) is 24.8 Å². The second-order valence-corrected chi connectivity index (χ2v) is 8.84. The van der Waals surface area contributed by atoms with Gasteiger partial charge in [-0.25, -0.2) is 4.98 Å². The number of terminal acetylenes is 1. The molecule has 0 fully saturated rings. The Morgan fingerprint density at radius 2 is 1.95 bits per heavy atom. The highest BCUT2D eigenvalue weighted by molar-refractivity contribution is 6.10. The molecule has 0 saturated carbocycles. The van der Waals surface area contributed by atoms with E-state index >= 15 is 0 Å². The Morgan fingerprint density at radius 3 is 2.64 bits per heavy atom. The number of rotatable bonds is 6. The first kappa shape index (κ1) is 25.5. The Labute approximate surface area is 221 Å². The van der Waals surface area contributed by atoms with E-state index in [0.29, 0.717) is 46.9 Å². The third-order valence-electron chi connectivity index (χ3n) is 6.35. The Hall–Kier alpha value is -5.16. The van der Waals surface area contributed by atoms with Crippen molar-refractivity contribution in [3.8, 4) is 40.9 Å². The number of carbonyl (C=O) groups excluding carboxylic acids is 1. The van der Waals surface area contributed by atoms with Crippen LogP contribution < -0.4 is 10.2 Å². The summed E-state index contributed by atoms with van der Waals surface area (Å²) in [5, 5.41) is 20.8. The minimum Gasteiger partial charge on any atom is -0.369 e. The molecule has 1 amide bonds. The van der Waals surface area contributed by atoms with Gasteiger partial charge in [0, 0.05) is 31.1 Å². The lowest BCUT2D eigenvalue weighted by Crippen LogP contribution is -2.24. The summed E-state index contributed by atoms with van der Waals surface area (Å²) in [4.78, 5) is 19.1. The predicted octanol–water partition coefficient (Wildman–Crippen LogP) is 5.03. The number of carbonyl (C=O) groups is 1. The van der Waals surface area contributed by atoms with Crippen LogP contribution in [0.3, 0.4) is 0 Å². The molecule has 1 aliphatic heterocycles. The molecule has 1 aliphatic rings. The van der Waals surface area contributed by atoms with Crippen LogP contribution >= 0.6 is 0 Å². The van der Waals surface area contributed by atoms with Crippen LogP contribution in [-0.4, -0.2) is 32.2 Å². The Kier molecular flexibility index (Phi) is 6.50. The predicted molar refractivity (Wildman–Crippen MR) is 138 cm³/mol. The molecule has 0 unspecified atom stereocenters. The summed E-state index contributed by atoms with van der Waals surface area (Å²) < 4.78 is 42.8. The van der Waals surface area contributed by atoms with Gasteiger partial charge in [0.05, 0.1) is 23.7 Å². The van der Waals surface area contributed by atoms with Crippen LogP contribution in [-0.2, 0) is 19.8 Å². The van der Waals surface area contributed by atoms with E-state index in [0.717, 1.165) is 6.07 Å². The topological polar surface area (TPSA) is 99.7 Å². The summed E-state index contributed by atoms with van der Waals surface area (Å²) in [5.74, 6) is 2.99. The van der Waals surface area contributed by atoms with E-state index in [2.05, 4.69) is 32.5 Å². The Bertz CT molecular complexity index is 1680. The summed E-state index contributed by atoms with van der Waals surface area (Å²) in [6.45, 7) is 0.0889. The number of hydrogen-bond donors (Lipinski definition) is 1. The number of aromatic nitrogens is 4. The Balaban J connectivity index is 1.66. The molecule has 0 aliphatic carbocycles. The molecule has 0 saturated heterocycles. The van der Waals surface area contributed by atoms with Gasteiger partial charge in [0.15, 0.2) is 5.82 Å². The number of pyridine rings is 1. The maximum absolute atomic E-state index is 13.7. The van der Waals surface area contributed by atoms with Crippen molar-refractivity contribution in [2.45, 2.75) is 19.1 Å². The summed E-state index contributed by atoms with van der Waals surface area (Å²) >= 11 is 0. The van der Waals surface area contributed by atoms with Crippen LogP contribution in [0.25, 0.3) is 22.5 Å². The van der Waals surface area contributed by atoms with Gasteiger partial charge in [-0.05, 0) is 59.2 Å². The molecule has 2 aromatic carbocycles. The standard InChI is InChI=1S/C28H20F3N7O/c1-3-4-10-33-24-12-18(21-11-17(14-32)8-9-19(21)26-36-34-16-37(26)2)13-25(35-24)38-15-22-20(27(38)39)6-5-7-23(22)28(29,30)31/h1,5-9,11-13,16H,4,10,15H2,2H3,(H,33,35). The molecule has 194 valence electrons. The van der Waals surface area contributed by atoms with E-state index < -0.39 is 17.6 Å². The zero-order valence-corrected chi connectivity index (χ0v) is 20.6. The highest BCUT2D eigenvalue weighted by Gasteiger charge is 2.40. The number of benzene rings is 2. The average Bonchev–Trinajstić information content (AvgIpc) is 3.50. The maximum Gasteiger partial charge on any atom is 0.416 e. The van der Waals surface area contributed by atoms with Crippen molar-refractivity contribution >= 4 is 17.5 Å². The highest BCUT2D eigenvalue weighted by Crippen LogP contribution is 2.40. The Morgan fingerprint density at radius 1 is 1.13 bits per heavy atom. The quantitative estimate of drug-likeness (QED) is 0.279. The van der Waals surface area contributed by atoms with Gasteiger partial charge in [0.25, 0.3) is 5.91 Å². The molecular formula is C28H20F3N7O. The van der Waals surface area contributed by atoms with Gasteiger partial charge in [-0.2, -0.15) is 18.4 Å². The molecular weight excluding hydrogens is 507 g/mol. The van der Waals surface area contributed by atoms with Crippen LogP contribution in [0, 0.1) is 23.7 Å². The third-order valence-corrected chi connectivity index (χ3v) is 6.35. The van der Waals surface area contributed by atoms with E-state index in [-0.39, 0.29) is 23.5 Å². The lowest BCUT2D eigenvalue weighted by molar-refractivity contribution is -0.138. The molecule has 0 radical (unpaired) electrons. The summed E-state index contributed by atoms with van der Waals surface area (Å²) in [7, 11) is 1.78. The molecule has 0 atom stereocenters. The highest BCUT2D eigenvalue weighted by atomic mass is 19.4. The number of nitrogens with one attached hydrogen (secondary N) is 1. The van der Waals surface area contributed by atoms with Crippen LogP contribution in [0.5, 0.6) is 0 Å². The van der Waals surface area contributed by atoms with Crippen LogP contribution in [0.15, 0.2) is 54.9 Å². The fourth-order valence-corrected chi connectivity index (χ4v) is 4.52. The smallest absolute Gasteiger partial charge is 0.369 e. The number of halogens is 3. The van der Waals surface area contributed by atoms with Crippen molar-refractivity contribution < 1.29 is 18.0 Å². The largest absolute Gasteiger partial charge is 0.416 e. The first-order valence-corrected chi connectivity index (χ1v) is 11.8. The molecule has 3 heterocycles. The van der Waals surface area contributed by atoms with Gasteiger partial charge in [-0.15, -0.1) is 22.5 Å². The average molecular weight is 528 g/mol. The summed E-state index contributed by atoms with van der Waals surface area (Å²) in [6.07, 6.45) is 2.71. The van der Waals surface area contributed by atoms with E-state index in [1.807, 2.05) is 0 Å². The zero-order valence-electron chi connectivity index (χ0n) is 20.6. The van der Waals surface area contributed by atoms with Gasteiger partial charge >= 0.3 is 6.18 Å². The molecule has 39 heavy (non-hydrogen) atoms. The van der Waals surface area contributed by atoms with Crippen molar-refractivity contribution in [3.63, 3.8) is 0 Å². The number of fused-ring (bicyclic) bond motifs is 1.